The second kappa shape index (κ2) is 6.29. The van der Waals surface area contributed by atoms with Crippen LogP contribution in [0.15, 0.2) is 23.1 Å². The molecule has 0 amide bonds. The molecule has 6 nitrogen and oxygen atoms in total. The van der Waals surface area contributed by atoms with Crippen LogP contribution in [0.1, 0.15) is 6.92 Å². The van der Waals surface area contributed by atoms with E-state index in [1.807, 2.05) is 16.6 Å². The minimum Gasteiger partial charge on any atom is -0.367 e. The Morgan fingerprint density at radius 3 is 2.81 bits per heavy atom. The van der Waals surface area contributed by atoms with Crippen molar-refractivity contribution in [2.45, 2.75) is 13.0 Å². The zero-order chi connectivity index (χ0) is 14.8. The van der Waals surface area contributed by atoms with Crippen molar-refractivity contribution >= 4 is 27.3 Å². The highest BCUT2D eigenvalue weighted by molar-refractivity contribution is 9.10. The van der Waals surface area contributed by atoms with Crippen molar-refractivity contribution in [3.63, 3.8) is 0 Å². The fraction of sp³-hybridized carbons (Fsp3) is 0.571. The average Bonchev–Trinajstić information content (AvgIpc) is 2.88. The molecular formula is C14H21BrN6. The fourth-order valence-corrected chi connectivity index (χ4v) is 3.09. The van der Waals surface area contributed by atoms with Gasteiger partial charge in [0, 0.05) is 38.8 Å². The molecule has 0 aliphatic carbocycles. The van der Waals surface area contributed by atoms with Gasteiger partial charge >= 0.3 is 0 Å². The zero-order valence-corrected chi connectivity index (χ0v) is 14.0. The molecule has 1 fully saturated rings. The number of hydrogen-bond acceptors (Lipinski definition) is 5. The summed E-state index contributed by atoms with van der Waals surface area (Å²) in [5, 5.41) is 7.69. The van der Waals surface area contributed by atoms with Crippen molar-refractivity contribution in [1.29, 1.82) is 0 Å². The number of hydrogen-bond donors (Lipinski definition) is 1. The Bertz CT molecular complexity index is 605. The SMILES string of the molecule is CC(CNc1ncnn2c(Br)ccc12)N1CCN(C)CC1. The van der Waals surface area contributed by atoms with Crippen molar-refractivity contribution in [1.82, 2.24) is 24.4 Å². The van der Waals surface area contributed by atoms with Gasteiger partial charge in [-0.1, -0.05) is 0 Å². The Labute approximate surface area is 133 Å². The third kappa shape index (κ3) is 3.20. The molecular weight excluding hydrogens is 332 g/mol. The second-order valence-corrected chi connectivity index (χ2v) is 6.44. The van der Waals surface area contributed by atoms with Crippen LogP contribution < -0.4 is 5.32 Å². The van der Waals surface area contributed by atoms with Crippen LogP contribution in [0.2, 0.25) is 0 Å². The molecule has 0 saturated carbocycles. The van der Waals surface area contributed by atoms with E-state index in [1.165, 1.54) is 0 Å². The lowest BCUT2D eigenvalue weighted by Gasteiger charge is -2.36. The Balaban J connectivity index is 1.63. The number of likely N-dealkylation sites (N-methyl/N-ethyl adjacent to an activating group) is 1. The van der Waals surface area contributed by atoms with Crippen LogP contribution in [0.5, 0.6) is 0 Å². The van der Waals surface area contributed by atoms with Gasteiger partial charge in [-0.15, -0.1) is 0 Å². The van der Waals surface area contributed by atoms with Crippen LogP contribution in [0.4, 0.5) is 5.82 Å². The normalized spacial score (nSPS) is 19.0. The third-order valence-corrected chi connectivity index (χ3v) is 4.73. The van der Waals surface area contributed by atoms with E-state index in [4.69, 9.17) is 0 Å². The summed E-state index contributed by atoms with van der Waals surface area (Å²) < 4.78 is 2.78. The van der Waals surface area contributed by atoms with Crippen molar-refractivity contribution in [2.24, 2.45) is 0 Å². The first-order chi connectivity index (χ1) is 10.1. The maximum absolute atomic E-state index is 4.36. The fourth-order valence-electron chi connectivity index (χ4n) is 2.67. The lowest BCUT2D eigenvalue weighted by Crippen LogP contribution is -2.49. The number of aromatic nitrogens is 3. The van der Waals surface area contributed by atoms with Crippen molar-refractivity contribution < 1.29 is 0 Å². The van der Waals surface area contributed by atoms with Gasteiger partial charge in [0.2, 0.25) is 0 Å². The van der Waals surface area contributed by atoms with Gasteiger partial charge in [-0.2, -0.15) is 5.10 Å². The Morgan fingerprint density at radius 1 is 1.29 bits per heavy atom. The van der Waals surface area contributed by atoms with Crippen molar-refractivity contribution in [3.8, 4) is 0 Å². The van der Waals surface area contributed by atoms with E-state index in [2.05, 4.69) is 55.1 Å². The molecule has 1 saturated heterocycles. The van der Waals surface area contributed by atoms with Gasteiger partial charge in [0.25, 0.3) is 0 Å². The van der Waals surface area contributed by atoms with E-state index >= 15 is 0 Å². The third-order valence-electron chi connectivity index (χ3n) is 4.13. The molecule has 2 aromatic heterocycles. The number of piperazine rings is 1. The number of rotatable bonds is 4. The van der Waals surface area contributed by atoms with Gasteiger partial charge in [0.15, 0.2) is 5.82 Å². The minimum absolute atomic E-state index is 0.493. The summed E-state index contributed by atoms with van der Waals surface area (Å²) in [6.45, 7) is 7.72. The number of nitrogens with one attached hydrogen (secondary N) is 1. The summed E-state index contributed by atoms with van der Waals surface area (Å²) in [4.78, 5) is 9.26. The maximum Gasteiger partial charge on any atom is 0.154 e. The molecule has 1 aliphatic heterocycles. The number of nitrogens with zero attached hydrogens (tertiary/aromatic N) is 5. The van der Waals surface area contributed by atoms with Gasteiger partial charge in [-0.05, 0) is 42.0 Å². The summed E-state index contributed by atoms with van der Waals surface area (Å²) in [5.41, 5.74) is 0.995. The number of halogens is 1. The molecule has 0 aromatic carbocycles. The average molecular weight is 353 g/mol. The minimum atomic E-state index is 0.493. The molecule has 0 bridgehead atoms. The van der Waals surface area contributed by atoms with Crippen LogP contribution >= 0.6 is 15.9 Å². The van der Waals surface area contributed by atoms with E-state index in [0.717, 1.165) is 48.7 Å². The Morgan fingerprint density at radius 2 is 2.05 bits per heavy atom. The molecule has 0 spiro atoms. The summed E-state index contributed by atoms with van der Waals surface area (Å²) in [7, 11) is 2.18. The van der Waals surface area contributed by atoms with Gasteiger partial charge in [-0.3, -0.25) is 4.90 Å². The van der Waals surface area contributed by atoms with E-state index in [1.54, 1.807) is 6.33 Å². The molecule has 114 valence electrons. The Kier molecular flexibility index (Phi) is 4.42. The first-order valence-corrected chi connectivity index (χ1v) is 8.09. The maximum atomic E-state index is 4.36. The van der Waals surface area contributed by atoms with Crippen molar-refractivity contribution in [3.05, 3.63) is 23.1 Å². The summed E-state index contributed by atoms with van der Waals surface area (Å²) in [6.07, 6.45) is 1.58. The molecule has 1 N–H and O–H groups in total. The molecule has 2 aromatic rings. The van der Waals surface area contributed by atoms with Crippen LogP contribution in [-0.2, 0) is 0 Å². The smallest absolute Gasteiger partial charge is 0.154 e. The summed E-state index contributed by atoms with van der Waals surface area (Å²) in [6, 6.07) is 4.50. The van der Waals surface area contributed by atoms with Crippen molar-refractivity contribution in [2.75, 3.05) is 45.1 Å². The lowest BCUT2D eigenvalue weighted by molar-refractivity contribution is 0.123. The van der Waals surface area contributed by atoms with Crippen LogP contribution in [-0.4, -0.2) is 70.2 Å². The first-order valence-electron chi connectivity index (χ1n) is 7.30. The highest BCUT2D eigenvalue weighted by Gasteiger charge is 2.19. The van der Waals surface area contributed by atoms with E-state index in [0.29, 0.717) is 6.04 Å². The van der Waals surface area contributed by atoms with Crippen LogP contribution in [0.25, 0.3) is 5.52 Å². The Hall–Kier alpha value is -1.18. The van der Waals surface area contributed by atoms with E-state index in [-0.39, 0.29) is 0 Å². The van der Waals surface area contributed by atoms with Gasteiger partial charge in [-0.25, -0.2) is 9.50 Å². The zero-order valence-electron chi connectivity index (χ0n) is 12.5. The molecule has 1 unspecified atom stereocenters. The molecule has 3 heterocycles. The molecule has 1 atom stereocenters. The number of anilines is 1. The largest absolute Gasteiger partial charge is 0.367 e. The standard InChI is InChI=1S/C14H21BrN6/c1-11(20-7-5-19(2)6-8-20)9-16-14-12-3-4-13(15)21(12)18-10-17-14/h3-4,10-11H,5-9H2,1-2H3,(H,16,17,18). The molecule has 7 heteroatoms. The van der Waals surface area contributed by atoms with Gasteiger partial charge in [0.05, 0.1) is 0 Å². The monoisotopic (exact) mass is 352 g/mol. The predicted octanol–water partition coefficient (Wildman–Crippen LogP) is 1.54. The van der Waals surface area contributed by atoms with Gasteiger partial charge in [0.1, 0.15) is 16.4 Å². The number of fused-ring (bicyclic) bond motifs is 1. The highest BCUT2D eigenvalue weighted by atomic mass is 79.9. The molecule has 21 heavy (non-hydrogen) atoms. The quantitative estimate of drug-likeness (QED) is 0.904. The molecule has 3 rings (SSSR count). The summed E-state index contributed by atoms with van der Waals surface area (Å²) in [5.74, 6) is 0.886. The highest BCUT2D eigenvalue weighted by Crippen LogP contribution is 2.19. The molecule has 0 radical (unpaired) electrons. The topological polar surface area (TPSA) is 48.7 Å². The van der Waals surface area contributed by atoms with Crippen LogP contribution in [0.3, 0.4) is 0 Å². The van der Waals surface area contributed by atoms with Crippen LogP contribution in [0, 0.1) is 0 Å². The predicted molar refractivity (Wildman–Crippen MR) is 87.7 cm³/mol. The lowest BCUT2D eigenvalue weighted by atomic mass is 10.2. The van der Waals surface area contributed by atoms with E-state index in [9.17, 15) is 0 Å². The van der Waals surface area contributed by atoms with Gasteiger partial charge < -0.3 is 10.2 Å². The summed E-state index contributed by atoms with van der Waals surface area (Å²) >= 11 is 3.48. The molecule has 1 aliphatic rings. The second-order valence-electron chi connectivity index (χ2n) is 5.63. The first kappa shape index (κ1) is 14.7. The van der Waals surface area contributed by atoms with E-state index < -0.39 is 0 Å².